The highest BCUT2D eigenvalue weighted by Crippen LogP contribution is 2.43. The number of carbonyl (C=O) groups excluding carboxylic acids is 2. The zero-order valence-electron chi connectivity index (χ0n) is 34.5. The van der Waals surface area contributed by atoms with Gasteiger partial charge in [-0.2, -0.15) is 10.2 Å². The van der Waals surface area contributed by atoms with E-state index in [1.54, 1.807) is 0 Å². The van der Waals surface area contributed by atoms with E-state index >= 15 is 0 Å². The smallest absolute Gasteiger partial charge is 0.186 e. The van der Waals surface area contributed by atoms with Crippen LogP contribution >= 0.6 is 31.9 Å². The zero-order chi connectivity index (χ0) is 41.4. The van der Waals surface area contributed by atoms with Crippen LogP contribution in [0.5, 0.6) is 0 Å². The second-order valence-corrected chi connectivity index (χ2v) is 20.1. The first-order valence-electron chi connectivity index (χ1n) is 18.7. The summed E-state index contributed by atoms with van der Waals surface area (Å²) in [5.41, 5.74) is 5.82. The molecule has 2 aliphatic carbocycles. The molecule has 290 valence electrons. The maximum Gasteiger partial charge on any atom is 0.186 e. The quantitative estimate of drug-likeness (QED) is 0.231. The van der Waals surface area contributed by atoms with Crippen molar-refractivity contribution in [3.05, 3.63) is 145 Å². The molecule has 1 heterocycles. The fourth-order valence-electron chi connectivity index (χ4n) is 6.20. The Balaban J connectivity index is 1.85. The summed E-state index contributed by atoms with van der Waals surface area (Å²) in [7, 11) is 0. The molecule has 2 aromatic carbocycles. The summed E-state index contributed by atoms with van der Waals surface area (Å²) >= 11 is 7.02. The van der Waals surface area contributed by atoms with E-state index in [2.05, 4.69) is 42.1 Å². The molecule has 0 bridgehead atoms. The molecule has 0 amide bonds. The number of benzene rings is 2. The first-order chi connectivity index (χ1) is 25.9. The SMILES string of the molecule is CC(C)(C)C1=CC(=C(N=Nc2ccc(Br)cc2)c2cccc(C(N=Nc3ccc(Br)cc3)=C3C=C(C(C)(C)C)C(=O)C(C(C)(C)C)=C3)n2)C=C(C(C)(C)C)C1=O. The Hall–Kier alpha value is -4.47. The predicted octanol–water partition coefficient (Wildman–Crippen LogP) is 14.7. The third-order valence-corrected chi connectivity index (χ3v) is 10.4. The van der Waals surface area contributed by atoms with Gasteiger partial charge in [0, 0.05) is 42.4 Å². The normalized spacial score (nSPS) is 16.0. The molecule has 0 atom stereocenters. The van der Waals surface area contributed by atoms with Crippen molar-refractivity contribution in [2.24, 2.45) is 42.1 Å². The Bertz CT molecular complexity index is 2070. The molecular weight excluding hydrogens is 826 g/mol. The third-order valence-electron chi connectivity index (χ3n) is 9.38. The molecule has 7 nitrogen and oxygen atoms in total. The van der Waals surface area contributed by atoms with E-state index in [9.17, 15) is 9.59 Å². The van der Waals surface area contributed by atoms with Crippen LogP contribution in [0.3, 0.4) is 0 Å². The van der Waals surface area contributed by atoms with Gasteiger partial charge in [0.05, 0.1) is 22.8 Å². The van der Waals surface area contributed by atoms with E-state index < -0.39 is 21.7 Å². The van der Waals surface area contributed by atoms with Gasteiger partial charge in [-0.05, 0) is 107 Å². The third kappa shape index (κ3) is 10.1. The summed E-state index contributed by atoms with van der Waals surface area (Å²) in [5.74, 6) is 0.0458. The van der Waals surface area contributed by atoms with Crippen molar-refractivity contribution in [1.82, 2.24) is 4.98 Å². The minimum Gasteiger partial charge on any atom is -0.289 e. The Morgan fingerprint density at radius 1 is 0.464 bits per heavy atom. The van der Waals surface area contributed by atoms with Gasteiger partial charge in [-0.1, -0.05) is 121 Å². The number of nitrogens with zero attached hydrogens (tertiary/aromatic N) is 5. The number of rotatable bonds is 6. The number of hydrogen-bond acceptors (Lipinski definition) is 7. The molecule has 0 spiro atoms. The topological polar surface area (TPSA) is 96.5 Å². The number of ketones is 2. The van der Waals surface area contributed by atoms with Crippen LogP contribution in [-0.4, -0.2) is 16.6 Å². The molecule has 56 heavy (non-hydrogen) atoms. The molecule has 9 heteroatoms. The molecule has 3 aromatic rings. The highest BCUT2D eigenvalue weighted by Gasteiger charge is 2.36. The van der Waals surface area contributed by atoms with E-state index in [0.717, 1.165) is 20.1 Å². The molecule has 0 N–H and O–H groups in total. The summed E-state index contributed by atoms with van der Waals surface area (Å²) < 4.78 is 1.86. The predicted molar refractivity (Wildman–Crippen MR) is 236 cm³/mol. The van der Waals surface area contributed by atoms with Gasteiger partial charge in [0.25, 0.3) is 0 Å². The summed E-state index contributed by atoms with van der Waals surface area (Å²) in [6.07, 6.45) is 7.71. The van der Waals surface area contributed by atoms with Crippen LogP contribution in [0.4, 0.5) is 11.4 Å². The van der Waals surface area contributed by atoms with Crippen LogP contribution in [0, 0.1) is 21.7 Å². The van der Waals surface area contributed by atoms with Gasteiger partial charge in [0.1, 0.15) is 11.4 Å². The molecule has 2 aliphatic rings. The monoisotopic (exact) mass is 875 g/mol. The molecule has 0 radical (unpaired) electrons. The summed E-state index contributed by atoms with van der Waals surface area (Å²) in [6, 6.07) is 20.9. The van der Waals surface area contributed by atoms with Crippen LogP contribution in [0.25, 0.3) is 11.4 Å². The van der Waals surface area contributed by atoms with Crippen molar-refractivity contribution in [2.75, 3.05) is 0 Å². The Morgan fingerprint density at radius 3 is 1.02 bits per heavy atom. The summed E-state index contributed by atoms with van der Waals surface area (Å²) in [6.45, 7) is 24.6. The van der Waals surface area contributed by atoms with Crippen molar-refractivity contribution in [2.45, 2.75) is 83.1 Å². The number of azo groups is 2. The molecule has 1 aromatic heterocycles. The number of pyridine rings is 1. The second-order valence-electron chi connectivity index (χ2n) is 18.3. The number of Topliss-reactive ketones (excluding diaryl/α,β-unsaturated/α-hetero) is 2. The number of aromatic nitrogens is 1. The molecule has 0 unspecified atom stereocenters. The van der Waals surface area contributed by atoms with E-state index in [4.69, 9.17) is 15.2 Å². The molecule has 0 saturated heterocycles. The van der Waals surface area contributed by atoms with Crippen molar-refractivity contribution < 1.29 is 9.59 Å². The van der Waals surface area contributed by atoms with Gasteiger partial charge in [0.15, 0.2) is 11.6 Å². The average molecular weight is 878 g/mol. The van der Waals surface area contributed by atoms with Crippen LogP contribution in [0.15, 0.2) is 154 Å². The largest absolute Gasteiger partial charge is 0.289 e. The molecule has 0 aliphatic heterocycles. The standard InChI is InChI=1S/C47H51Br2N5O2/c1-44(2,3)34-24-28(25-35(42(34)55)45(4,5)6)40(53-51-32-20-16-30(48)17-21-32)38-14-13-15-39(50-38)41(54-52-33-22-18-31(49)19-23-33)29-26-36(46(7,8)9)43(56)37(27-29)47(10,11)12/h13-27H,1-12H3. The number of carbonyl (C=O) groups is 2. The molecule has 0 saturated carbocycles. The van der Waals surface area contributed by atoms with Crippen molar-refractivity contribution in [3.63, 3.8) is 0 Å². The zero-order valence-corrected chi connectivity index (χ0v) is 37.6. The lowest BCUT2D eigenvalue weighted by Crippen LogP contribution is -2.28. The van der Waals surface area contributed by atoms with Crippen molar-refractivity contribution >= 4 is 66.2 Å². The van der Waals surface area contributed by atoms with Gasteiger partial charge in [-0.15, -0.1) is 10.2 Å². The summed E-state index contributed by atoms with van der Waals surface area (Å²) in [4.78, 5) is 33.2. The average Bonchev–Trinajstić information content (AvgIpc) is 3.09. The lowest BCUT2D eigenvalue weighted by Gasteiger charge is -2.31. The Kier molecular flexibility index (Phi) is 12.3. The highest BCUT2D eigenvalue weighted by molar-refractivity contribution is 9.10. The van der Waals surface area contributed by atoms with E-state index in [-0.39, 0.29) is 11.6 Å². The van der Waals surface area contributed by atoms with Gasteiger partial charge in [-0.25, -0.2) is 4.98 Å². The van der Waals surface area contributed by atoms with Gasteiger partial charge in [0.2, 0.25) is 0 Å². The lowest BCUT2D eigenvalue weighted by atomic mass is 9.71. The summed E-state index contributed by atoms with van der Waals surface area (Å²) in [5, 5.41) is 19.1. The number of halogens is 2. The van der Waals surface area contributed by atoms with Gasteiger partial charge in [-0.3, -0.25) is 9.59 Å². The Labute approximate surface area is 349 Å². The van der Waals surface area contributed by atoms with Crippen LogP contribution in [0.1, 0.15) is 94.5 Å². The second kappa shape index (κ2) is 16.2. The van der Waals surface area contributed by atoms with Crippen molar-refractivity contribution in [1.29, 1.82) is 0 Å². The van der Waals surface area contributed by atoms with Crippen LogP contribution < -0.4 is 0 Å². The van der Waals surface area contributed by atoms with E-state index in [1.165, 1.54) is 0 Å². The van der Waals surface area contributed by atoms with E-state index in [1.807, 2.05) is 174 Å². The molecular formula is C47H51Br2N5O2. The van der Waals surface area contributed by atoms with Crippen LogP contribution in [-0.2, 0) is 9.59 Å². The van der Waals surface area contributed by atoms with Crippen LogP contribution in [0.2, 0.25) is 0 Å². The number of hydrogen-bond donors (Lipinski definition) is 0. The lowest BCUT2D eigenvalue weighted by molar-refractivity contribution is -0.114. The number of allylic oxidation sites excluding steroid dienone is 10. The molecule has 5 rings (SSSR count). The highest BCUT2D eigenvalue weighted by atomic mass is 79.9. The first kappa shape index (κ1) is 42.7. The van der Waals surface area contributed by atoms with E-state index in [0.29, 0.717) is 56.4 Å². The maximum atomic E-state index is 14.0. The minimum absolute atomic E-state index is 0.0229. The molecule has 0 fully saturated rings. The van der Waals surface area contributed by atoms with Gasteiger partial charge < -0.3 is 0 Å². The van der Waals surface area contributed by atoms with Crippen molar-refractivity contribution in [3.8, 4) is 0 Å². The fraction of sp³-hybridized carbons (Fsp3) is 0.340. The van der Waals surface area contributed by atoms with Gasteiger partial charge >= 0.3 is 0 Å². The first-order valence-corrected chi connectivity index (χ1v) is 20.3. The minimum atomic E-state index is -0.437. The Morgan fingerprint density at radius 2 is 0.750 bits per heavy atom. The fourth-order valence-corrected chi connectivity index (χ4v) is 6.73. The maximum absolute atomic E-state index is 14.0.